The maximum absolute atomic E-state index is 3.61. The Labute approximate surface area is 98.4 Å². The fourth-order valence-electron chi connectivity index (χ4n) is 2.17. The first-order valence-corrected chi connectivity index (χ1v) is 6.33. The maximum Gasteiger partial charge on any atom is 0.0342 e. The lowest BCUT2D eigenvalue weighted by Gasteiger charge is -2.24. The van der Waals surface area contributed by atoms with Gasteiger partial charge in [0.25, 0.3) is 0 Å². The molecule has 1 aliphatic heterocycles. The third kappa shape index (κ3) is 2.99. The summed E-state index contributed by atoms with van der Waals surface area (Å²) in [6, 6.07) is 9.52. The van der Waals surface area contributed by atoms with Crippen molar-refractivity contribution in [2.75, 3.05) is 18.4 Å². The molecule has 1 aromatic rings. The highest BCUT2D eigenvalue weighted by molar-refractivity contribution is 5.46. The zero-order valence-corrected chi connectivity index (χ0v) is 10.3. The highest BCUT2D eigenvalue weighted by Crippen LogP contribution is 2.18. The van der Waals surface area contributed by atoms with Crippen LogP contribution in [0.4, 0.5) is 5.69 Å². The van der Waals surface area contributed by atoms with Crippen molar-refractivity contribution in [2.45, 2.75) is 38.6 Å². The van der Waals surface area contributed by atoms with Crippen molar-refractivity contribution in [3.8, 4) is 0 Å². The molecule has 0 saturated carbocycles. The second-order valence-corrected chi connectivity index (χ2v) is 4.95. The summed E-state index contributed by atoms with van der Waals surface area (Å²) >= 11 is 0. The minimum absolute atomic E-state index is 0.618. The van der Waals surface area contributed by atoms with Gasteiger partial charge >= 0.3 is 0 Å². The SMILES string of the molecule is CC(C)c1ccc(NC2CCNCC2)cc1. The van der Waals surface area contributed by atoms with Gasteiger partial charge in [0.15, 0.2) is 0 Å². The summed E-state index contributed by atoms with van der Waals surface area (Å²) in [5, 5.41) is 6.99. The molecule has 1 fully saturated rings. The average molecular weight is 218 g/mol. The molecule has 0 radical (unpaired) electrons. The van der Waals surface area contributed by atoms with Crippen LogP contribution in [0.25, 0.3) is 0 Å². The number of piperidine rings is 1. The van der Waals surface area contributed by atoms with Crippen molar-refractivity contribution < 1.29 is 0 Å². The summed E-state index contributed by atoms with van der Waals surface area (Å²) in [5.74, 6) is 0.618. The van der Waals surface area contributed by atoms with Gasteiger partial charge in [0, 0.05) is 11.7 Å². The summed E-state index contributed by atoms with van der Waals surface area (Å²) in [4.78, 5) is 0. The number of hydrogen-bond acceptors (Lipinski definition) is 2. The third-order valence-electron chi connectivity index (χ3n) is 3.29. The summed E-state index contributed by atoms with van der Waals surface area (Å²) in [6.45, 7) is 6.74. The molecule has 0 bridgehead atoms. The fraction of sp³-hybridized carbons (Fsp3) is 0.571. The number of anilines is 1. The molecule has 2 rings (SSSR count). The smallest absolute Gasteiger partial charge is 0.0342 e. The van der Waals surface area contributed by atoms with Crippen LogP contribution in [0.15, 0.2) is 24.3 Å². The Hall–Kier alpha value is -1.02. The van der Waals surface area contributed by atoms with Gasteiger partial charge in [-0.15, -0.1) is 0 Å². The first-order chi connectivity index (χ1) is 7.75. The van der Waals surface area contributed by atoms with E-state index in [4.69, 9.17) is 0 Å². The lowest BCUT2D eigenvalue weighted by molar-refractivity contribution is 0.479. The Bertz CT molecular complexity index is 310. The van der Waals surface area contributed by atoms with Crippen LogP contribution >= 0.6 is 0 Å². The van der Waals surface area contributed by atoms with Crippen molar-refractivity contribution in [3.63, 3.8) is 0 Å². The van der Waals surface area contributed by atoms with Crippen molar-refractivity contribution in [2.24, 2.45) is 0 Å². The minimum Gasteiger partial charge on any atom is -0.382 e. The molecule has 1 aliphatic rings. The number of benzene rings is 1. The largest absolute Gasteiger partial charge is 0.382 e. The van der Waals surface area contributed by atoms with Crippen LogP contribution in [0, 0.1) is 0 Å². The van der Waals surface area contributed by atoms with Crippen LogP contribution in [0.5, 0.6) is 0 Å². The van der Waals surface area contributed by atoms with Crippen LogP contribution in [-0.4, -0.2) is 19.1 Å². The fourth-order valence-corrected chi connectivity index (χ4v) is 2.17. The zero-order chi connectivity index (χ0) is 11.4. The Morgan fingerprint density at radius 1 is 1.12 bits per heavy atom. The summed E-state index contributed by atoms with van der Waals surface area (Å²) in [7, 11) is 0. The standard InChI is InChI=1S/C14H22N2/c1-11(2)12-3-5-13(6-4-12)16-14-7-9-15-10-8-14/h3-6,11,14-16H,7-10H2,1-2H3. The Morgan fingerprint density at radius 3 is 2.31 bits per heavy atom. The number of rotatable bonds is 3. The van der Waals surface area contributed by atoms with E-state index < -0.39 is 0 Å². The van der Waals surface area contributed by atoms with Gasteiger partial charge in [-0.2, -0.15) is 0 Å². The van der Waals surface area contributed by atoms with E-state index >= 15 is 0 Å². The molecule has 88 valence electrons. The van der Waals surface area contributed by atoms with E-state index in [0.717, 1.165) is 13.1 Å². The van der Waals surface area contributed by atoms with Crippen molar-refractivity contribution in [3.05, 3.63) is 29.8 Å². The van der Waals surface area contributed by atoms with E-state index in [1.165, 1.54) is 24.1 Å². The molecule has 1 saturated heterocycles. The van der Waals surface area contributed by atoms with Crippen LogP contribution in [0.2, 0.25) is 0 Å². The first-order valence-electron chi connectivity index (χ1n) is 6.33. The quantitative estimate of drug-likeness (QED) is 0.815. The minimum atomic E-state index is 0.618. The van der Waals surface area contributed by atoms with Gasteiger partial charge in [-0.05, 0) is 49.5 Å². The van der Waals surface area contributed by atoms with Gasteiger partial charge in [0.1, 0.15) is 0 Å². The topological polar surface area (TPSA) is 24.1 Å². The molecule has 2 N–H and O–H groups in total. The molecular weight excluding hydrogens is 196 g/mol. The molecule has 1 aromatic carbocycles. The lowest BCUT2D eigenvalue weighted by atomic mass is 10.0. The monoisotopic (exact) mass is 218 g/mol. The molecular formula is C14H22N2. The van der Waals surface area contributed by atoms with E-state index in [1.54, 1.807) is 0 Å². The van der Waals surface area contributed by atoms with E-state index in [2.05, 4.69) is 48.7 Å². The summed E-state index contributed by atoms with van der Waals surface area (Å²) < 4.78 is 0. The van der Waals surface area contributed by atoms with Crippen LogP contribution in [-0.2, 0) is 0 Å². The van der Waals surface area contributed by atoms with Crippen LogP contribution in [0.1, 0.15) is 38.2 Å². The predicted molar refractivity (Wildman–Crippen MR) is 70.0 cm³/mol. The molecule has 0 aromatic heterocycles. The maximum atomic E-state index is 3.61. The normalized spacial score (nSPS) is 17.7. The summed E-state index contributed by atoms with van der Waals surface area (Å²) in [6.07, 6.45) is 2.46. The van der Waals surface area contributed by atoms with E-state index in [9.17, 15) is 0 Å². The molecule has 0 atom stereocenters. The second kappa shape index (κ2) is 5.35. The van der Waals surface area contributed by atoms with Gasteiger partial charge in [-0.25, -0.2) is 0 Å². The molecule has 16 heavy (non-hydrogen) atoms. The third-order valence-corrected chi connectivity index (χ3v) is 3.29. The van der Waals surface area contributed by atoms with E-state index in [0.29, 0.717) is 12.0 Å². The Morgan fingerprint density at radius 2 is 1.75 bits per heavy atom. The van der Waals surface area contributed by atoms with Gasteiger partial charge in [-0.1, -0.05) is 26.0 Å². The van der Waals surface area contributed by atoms with E-state index in [1.807, 2.05) is 0 Å². The number of hydrogen-bond donors (Lipinski definition) is 2. The van der Waals surface area contributed by atoms with Gasteiger partial charge in [-0.3, -0.25) is 0 Å². The van der Waals surface area contributed by atoms with Crippen molar-refractivity contribution in [1.29, 1.82) is 0 Å². The summed E-state index contributed by atoms with van der Waals surface area (Å²) in [5.41, 5.74) is 2.67. The van der Waals surface area contributed by atoms with Crippen LogP contribution < -0.4 is 10.6 Å². The second-order valence-electron chi connectivity index (χ2n) is 4.95. The molecule has 2 heteroatoms. The molecule has 0 unspecified atom stereocenters. The highest BCUT2D eigenvalue weighted by atomic mass is 15.0. The van der Waals surface area contributed by atoms with Crippen LogP contribution in [0.3, 0.4) is 0 Å². The van der Waals surface area contributed by atoms with Crippen molar-refractivity contribution in [1.82, 2.24) is 5.32 Å². The Balaban J connectivity index is 1.93. The van der Waals surface area contributed by atoms with Crippen molar-refractivity contribution >= 4 is 5.69 Å². The number of nitrogens with one attached hydrogen (secondary N) is 2. The average Bonchev–Trinajstić information content (AvgIpc) is 2.31. The van der Waals surface area contributed by atoms with Gasteiger partial charge in [0.2, 0.25) is 0 Å². The van der Waals surface area contributed by atoms with E-state index in [-0.39, 0.29) is 0 Å². The molecule has 0 amide bonds. The van der Waals surface area contributed by atoms with Gasteiger partial charge in [0.05, 0.1) is 0 Å². The molecule has 1 heterocycles. The zero-order valence-electron chi connectivity index (χ0n) is 10.3. The molecule has 0 spiro atoms. The molecule has 0 aliphatic carbocycles. The predicted octanol–water partition coefficient (Wildman–Crippen LogP) is 2.97. The molecule has 2 nitrogen and oxygen atoms in total. The lowest BCUT2D eigenvalue weighted by Crippen LogP contribution is -2.35. The van der Waals surface area contributed by atoms with Gasteiger partial charge < -0.3 is 10.6 Å². The Kier molecular flexibility index (Phi) is 3.83. The highest BCUT2D eigenvalue weighted by Gasteiger charge is 2.12. The first kappa shape index (κ1) is 11.5.